The van der Waals surface area contributed by atoms with E-state index < -0.39 is 12.9 Å². The highest BCUT2D eigenvalue weighted by atomic mass is 31.2. The van der Waals surface area contributed by atoms with Gasteiger partial charge in [-0.15, -0.1) is 0 Å². The van der Waals surface area contributed by atoms with Gasteiger partial charge in [0.2, 0.25) is 0 Å². The summed E-state index contributed by atoms with van der Waals surface area (Å²) in [6.45, 7) is 4.54. The zero-order chi connectivity index (χ0) is 13.7. The minimum Gasteiger partial charge on any atom is -0.315 e. The van der Waals surface area contributed by atoms with E-state index in [2.05, 4.69) is 0 Å². The quantitative estimate of drug-likeness (QED) is 0.788. The van der Waals surface area contributed by atoms with Crippen molar-refractivity contribution >= 4 is 7.60 Å². The molecule has 0 aromatic heterocycles. The smallest absolute Gasteiger partial charge is 0.315 e. The fourth-order valence-electron chi connectivity index (χ4n) is 4.99. The van der Waals surface area contributed by atoms with Crippen LogP contribution < -0.4 is 5.73 Å². The monoisotopic (exact) mass is 287 g/mol. The normalized spacial score (nSPS) is 44.8. The molecule has 4 saturated carbocycles. The molecule has 2 N–H and O–H groups in total. The molecule has 4 nitrogen and oxygen atoms in total. The Bertz CT molecular complexity index is 360. The molecule has 0 aliphatic heterocycles. The van der Waals surface area contributed by atoms with Crippen LogP contribution in [0.5, 0.6) is 0 Å². The molecule has 4 bridgehead atoms. The molecule has 0 atom stereocenters. The summed E-state index contributed by atoms with van der Waals surface area (Å²) in [5.74, 6) is 2.26. The third-order valence-electron chi connectivity index (χ3n) is 5.52. The van der Waals surface area contributed by atoms with Crippen molar-refractivity contribution in [2.75, 3.05) is 13.2 Å². The largest absolute Gasteiger partial charge is 0.350 e. The van der Waals surface area contributed by atoms with Gasteiger partial charge in [-0.05, 0) is 69.6 Å². The van der Waals surface area contributed by atoms with E-state index in [4.69, 9.17) is 14.8 Å². The average molecular weight is 287 g/mol. The maximum absolute atomic E-state index is 13.3. The Morgan fingerprint density at radius 1 is 1.00 bits per heavy atom. The molecular weight excluding hydrogens is 261 g/mol. The van der Waals surface area contributed by atoms with Crippen molar-refractivity contribution in [2.45, 2.75) is 51.2 Å². The number of nitrogens with two attached hydrogens (primary N) is 1. The summed E-state index contributed by atoms with van der Waals surface area (Å²) in [4.78, 5) is 0. The van der Waals surface area contributed by atoms with Crippen LogP contribution in [0.4, 0.5) is 0 Å². The standard InChI is InChI=1S/C14H26NO3P/c1-3-17-19(16,18-4-2)14(15)12-6-10-5-11(8-12)9-13(14)7-10/h10-13H,3-9,15H2,1-2H3. The molecule has 0 unspecified atom stereocenters. The van der Waals surface area contributed by atoms with Crippen LogP contribution in [0.2, 0.25) is 0 Å². The van der Waals surface area contributed by atoms with Crippen molar-refractivity contribution in [3.05, 3.63) is 0 Å². The summed E-state index contributed by atoms with van der Waals surface area (Å²) in [7, 11) is -3.21. The topological polar surface area (TPSA) is 61.5 Å². The molecular formula is C14H26NO3P. The fraction of sp³-hybridized carbons (Fsp3) is 1.00. The maximum Gasteiger partial charge on any atom is 0.350 e. The molecule has 110 valence electrons. The first-order chi connectivity index (χ1) is 9.03. The van der Waals surface area contributed by atoms with Gasteiger partial charge in [0, 0.05) is 0 Å². The van der Waals surface area contributed by atoms with E-state index in [1.165, 1.54) is 6.42 Å². The lowest BCUT2D eigenvalue weighted by Crippen LogP contribution is -2.62. The van der Waals surface area contributed by atoms with Gasteiger partial charge < -0.3 is 14.8 Å². The highest BCUT2D eigenvalue weighted by Gasteiger charge is 2.64. The van der Waals surface area contributed by atoms with Gasteiger partial charge in [-0.3, -0.25) is 4.57 Å². The Hall–Kier alpha value is 0.110. The summed E-state index contributed by atoms with van der Waals surface area (Å²) in [6, 6.07) is 0. The van der Waals surface area contributed by atoms with Crippen LogP contribution in [0.1, 0.15) is 46.0 Å². The lowest BCUT2D eigenvalue weighted by atomic mass is 9.54. The van der Waals surface area contributed by atoms with Crippen LogP contribution in [0.25, 0.3) is 0 Å². The zero-order valence-electron chi connectivity index (χ0n) is 12.0. The second-order valence-electron chi connectivity index (χ2n) is 6.52. The molecule has 4 fully saturated rings. The highest BCUT2D eigenvalue weighted by Crippen LogP contribution is 2.72. The molecule has 19 heavy (non-hydrogen) atoms. The van der Waals surface area contributed by atoms with E-state index in [-0.39, 0.29) is 0 Å². The summed E-state index contributed by atoms with van der Waals surface area (Å²) >= 11 is 0. The van der Waals surface area contributed by atoms with E-state index in [9.17, 15) is 4.57 Å². The number of rotatable bonds is 5. The van der Waals surface area contributed by atoms with E-state index in [0.29, 0.717) is 25.0 Å². The minimum absolute atomic E-state index is 0.327. The van der Waals surface area contributed by atoms with E-state index in [1.807, 2.05) is 13.8 Å². The van der Waals surface area contributed by atoms with Gasteiger partial charge in [-0.1, -0.05) is 0 Å². The first kappa shape index (κ1) is 14.1. The van der Waals surface area contributed by atoms with E-state index >= 15 is 0 Å². The molecule has 0 amide bonds. The van der Waals surface area contributed by atoms with Gasteiger partial charge in [0.05, 0.1) is 13.2 Å². The summed E-state index contributed by atoms with van der Waals surface area (Å²) in [5.41, 5.74) is 6.73. The molecule has 4 rings (SSSR count). The first-order valence-electron chi connectivity index (χ1n) is 7.71. The van der Waals surface area contributed by atoms with Gasteiger partial charge >= 0.3 is 7.60 Å². The van der Waals surface area contributed by atoms with Gasteiger partial charge in [0.25, 0.3) is 0 Å². The molecule has 4 aliphatic carbocycles. The third-order valence-corrected chi connectivity index (χ3v) is 8.39. The third kappa shape index (κ3) is 1.95. The van der Waals surface area contributed by atoms with Crippen LogP contribution >= 0.6 is 7.60 Å². The van der Waals surface area contributed by atoms with Crippen molar-refractivity contribution in [1.29, 1.82) is 0 Å². The van der Waals surface area contributed by atoms with Crippen molar-refractivity contribution in [3.63, 3.8) is 0 Å². The summed E-state index contributed by atoms with van der Waals surface area (Å²) in [6.07, 6.45) is 5.83. The van der Waals surface area contributed by atoms with Crippen LogP contribution in [-0.2, 0) is 13.6 Å². The lowest BCUT2D eigenvalue weighted by Gasteiger charge is -2.60. The minimum atomic E-state index is -3.21. The number of hydrogen-bond acceptors (Lipinski definition) is 4. The maximum atomic E-state index is 13.3. The fourth-order valence-corrected chi connectivity index (χ4v) is 7.50. The van der Waals surface area contributed by atoms with Gasteiger partial charge in [0.1, 0.15) is 5.28 Å². The predicted octanol–water partition coefficient (Wildman–Crippen LogP) is 3.36. The summed E-state index contributed by atoms with van der Waals surface area (Å²) < 4.78 is 24.5. The molecule has 0 radical (unpaired) electrons. The molecule has 0 saturated heterocycles. The summed E-state index contributed by atoms with van der Waals surface area (Å²) in [5, 5.41) is -0.730. The van der Waals surface area contributed by atoms with Crippen molar-refractivity contribution in [2.24, 2.45) is 29.4 Å². The molecule has 0 aromatic carbocycles. The SMILES string of the molecule is CCOP(=O)(OCC)C1(N)C2CC3CC(C2)CC1C3. The van der Waals surface area contributed by atoms with Crippen molar-refractivity contribution in [3.8, 4) is 0 Å². The highest BCUT2D eigenvalue weighted by molar-refractivity contribution is 7.55. The average Bonchev–Trinajstić information content (AvgIpc) is 2.35. The Morgan fingerprint density at radius 2 is 1.42 bits per heavy atom. The Kier molecular flexibility index (Phi) is 3.58. The second kappa shape index (κ2) is 4.84. The van der Waals surface area contributed by atoms with Crippen LogP contribution in [0.3, 0.4) is 0 Å². The first-order valence-corrected chi connectivity index (χ1v) is 9.25. The molecule has 0 heterocycles. The van der Waals surface area contributed by atoms with Crippen LogP contribution in [-0.4, -0.2) is 18.5 Å². The Balaban J connectivity index is 1.94. The lowest BCUT2D eigenvalue weighted by molar-refractivity contribution is -0.0328. The van der Waals surface area contributed by atoms with Crippen molar-refractivity contribution < 1.29 is 13.6 Å². The molecule has 0 spiro atoms. The molecule has 0 aromatic rings. The van der Waals surface area contributed by atoms with E-state index in [0.717, 1.165) is 37.5 Å². The van der Waals surface area contributed by atoms with Gasteiger partial charge in [-0.2, -0.15) is 0 Å². The Labute approximate surface area is 115 Å². The predicted molar refractivity (Wildman–Crippen MR) is 74.8 cm³/mol. The molecule has 4 aliphatic rings. The second-order valence-corrected chi connectivity index (χ2v) is 8.81. The number of hydrogen-bond donors (Lipinski definition) is 1. The van der Waals surface area contributed by atoms with E-state index in [1.54, 1.807) is 0 Å². The van der Waals surface area contributed by atoms with Crippen molar-refractivity contribution in [1.82, 2.24) is 0 Å². The molecule has 5 heteroatoms. The zero-order valence-corrected chi connectivity index (χ0v) is 12.9. The Morgan fingerprint density at radius 3 is 1.79 bits per heavy atom. The van der Waals surface area contributed by atoms with Gasteiger partial charge in [-0.25, -0.2) is 0 Å². The van der Waals surface area contributed by atoms with Crippen LogP contribution in [0.15, 0.2) is 0 Å². The van der Waals surface area contributed by atoms with Crippen LogP contribution in [0, 0.1) is 23.7 Å². The van der Waals surface area contributed by atoms with Gasteiger partial charge in [0.15, 0.2) is 0 Å².